The molecular formula is C21H32O2. The molecule has 128 valence electrons. The number of hydrogen-bond donors (Lipinski definition) is 2. The van der Waals surface area contributed by atoms with Gasteiger partial charge in [0.05, 0.1) is 12.2 Å². The lowest BCUT2D eigenvalue weighted by atomic mass is 9.62. The van der Waals surface area contributed by atoms with Gasteiger partial charge in [-0.15, -0.1) is 0 Å². The molecule has 3 saturated carbocycles. The number of hydrogen-bond acceptors (Lipinski definition) is 2. The van der Waals surface area contributed by atoms with Gasteiger partial charge < -0.3 is 10.2 Å². The van der Waals surface area contributed by atoms with E-state index < -0.39 is 0 Å². The van der Waals surface area contributed by atoms with Crippen LogP contribution in [0.15, 0.2) is 35.5 Å². The third-order valence-corrected chi connectivity index (χ3v) is 6.81. The third kappa shape index (κ3) is 3.21. The van der Waals surface area contributed by atoms with Gasteiger partial charge in [-0.3, -0.25) is 0 Å². The fourth-order valence-corrected chi connectivity index (χ4v) is 5.47. The number of rotatable bonds is 2. The average molecular weight is 316 g/mol. The largest absolute Gasteiger partial charge is 0.393 e. The lowest BCUT2D eigenvalue weighted by molar-refractivity contribution is 0.0326. The highest BCUT2D eigenvalue weighted by Crippen LogP contribution is 2.58. The Morgan fingerprint density at radius 1 is 1.13 bits per heavy atom. The molecule has 2 nitrogen and oxygen atoms in total. The van der Waals surface area contributed by atoms with Gasteiger partial charge in [0.2, 0.25) is 0 Å². The molecule has 2 N–H and O–H groups in total. The van der Waals surface area contributed by atoms with Crippen molar-refractivity contribution in [1.29, 1.82) is 0 Å². The molecule has 0 heterocycles. The van der Waals surface area contributed by atoms with E-state index in [4.69, 9.17) is 0 Å². The fraction of sp³-hybridized carbons (Fsp3) is 0.714. The zero-order chi connectivity index (χ0) is 16.6. The molecule has 0 unspecified atom stereocenters. The highest BCUT2D eigenvalue weighted by molar-refractivity contribution is 5.36. The van der Waals surface area contributed by atoms with E-state index in [0.29, 0.717) is 5.92 Å². The van der Waals surface area contributed by atoms with Crippen LogP contribution in [0, 0.1) is 17.3 Å². The summed E-state index contributed by atoms with van der Waals surface area (Å²) in [6.45, 7) is 8.84. The Kier molecular flexibility index (Phi) is 4.85. The van der Waals surface area contributed by atoms with Gasteiger partial charge in [0.15, 0.2) is 0 Å². The predicted octanol–water partition coefficient (Wildman–Crippen LogP) is 4.54. The zero-order valence-electron chi connectivity index (χ0n) is 14.7. The lowest BCUT2D eigenvalue weighted by Crippen LogP contribution is -2.38. The van der Waals surface area contributed by atoms with Crippen LogP contribution in [0.25, 0.3) is 0 Å². The van der Waals surface area contributed by atoms with E-state index in [-0.39, 0.29) is 17.6 Å². The van der Waals surface area contributed by atoms with E-state index in [2.05, 4.69) is 32.6 Å². The molecule has 0 bridgehead atoms. The molecule has 0 aromatic carbocycles. The second-order valence-electron chi connectivity index (χ2n) is 8.24. The molecule has 0 amide bonds. The minimum atomic E-state index is -0.219. The van der Waals surface area contributed by atoms with Crippen LogP contribution >= 0.6 is 0 Å². The Balaban J connectivity index is 1.85. The van der Waals surface area contributed by atoms with E-state index in [1.54, 1.807) is 0 Å². The first-order valence-corrected chi connectivity index (χ1v) is 9.38. The summed E-state index contributed by atoms with van der Waals surface area (Å²) >= 11 is 0. The van der Waals surface area contributed by atoms with Gasteiger partial charge >= 0.3 is 0 Å². The predicted molar refractivity (Wildman–Crippen MR) is 95.0 cm³/mol. The molecule has 0 radical (unpaired) electrons. The number of fused-ring (bicyclic) bond motifs is 1. The smallest absolute Gasteiger partial charge is 0.0583 e. The molecule has 0 saturated heterocycles. The first-order chi connectivity index (χ1) is 10.9. The van der Waals surface area contributed by atoms with Crippen molar-refractivity contribution in [1.82, 2.24) is 0 Å². The van der Waals surface area contributed by atoms with Crippen LogP contribution < -0.4 is 0 Å². The molecule has 5 atom stereocenters. The molecule has 3 aliphatic carbocycles. The minimum absolute atomic E-state index is 0.201. The first kappa shape index (κ1) is 17.0. The Bertz CT molecular complexity index is 530. The normalized spacial score (nSPS) is 44.8. The summed E-state index contributed by atoms with van der Waals surface area (Å²) in [6, 6.07) is 0. The Labute approximate surface area is 141 Å². The quantitative estimate of drug-likeness (QED) is 0.785. The fourth-order valence-electron chi connectivity index (χ4n) is 5.47. The van der Waals surface area contributed by atoms with Gasteiger partial charge in [-0.1, -0.05) is 50.1 Å². The molecular weight excluding hydrogens is 284 g/mol. The van der Waals surface area contributed by atoms with E-state index in [1.165, 1.54) is 36.0 Å². The number of aliphatic hydroxyl groups excluding tert-OH is 2. The van der Waals surface area contributed by atoms with E-state index in [0.717, 1.165) is 38.0 Å². The van der Waals surface area contributed by atoms with Gasteiger partial charge in [0, 0.05) is 0 Å². The molecule has 0 aromatic rings. The second kappa shape index (κ2) is 6.57. The third-order valence-electron chi connectivity index (χ3n) is 6.81. The SMILES string of the molecule is C=C1CC[C@@H](O)C/C1=C/C=C1\C[C@@H](O)C[C@]2(C)[C@@H](CC)CC[C@@H]12. The zero-order valence-corrected chi connectivity index (χ0v) is 14.7. The first-order valence-electron chi connectivity index (χ1n) is 9.38. The Hall–Kier alpha value is -0.860. The summed E-state index contributed by atoms with van der Waals surface area (Å²) in [4.78, 5) is 0. The summed E-state index contributed by atoms with van der Waals surface area (Å²) in [6.07, 6.45) is 12.0. The van der Waals surface area contributed by atoms with E-state index in [9.17, 15) is 10.2 Å². The summed E-state index contributed by atoms with van der Waals surface area (Å²) < 4.78 is 0. The van der Waals surface area contributed by atoms with Crippen LogP contribution in [0.3, 0.4) is 0 Å². The molecule has 0 spiro atoms. The maximum Gasteiger partial charge on any atom is 0.0583 e. The summed E-state index contributed by atoms with van der Waals surface area (Å²) in [7, 11) is 0. The monoisotopic (exact) mass is 316 g/mol. The van der Waals surface area contributed by atoms with Crippen molar-refractivity contribution >= 4 is 0 Å². The van der Waals surface area contributed by atoms with Crippen LogP contribution in [0.4, 0.5) is 0 Å². The van der Waals surface area contributed by atoms with Gasteiger partial charge in [-0.05, 0) is 67.8 Å². The van der Waals surface area contributed by atoms with Crippen molar-refractivity contribution in [3.8, 4) is 0 Å². The van der Waals surface area contributed by atoms with Crippen molar-refractivity contribution in [2.75, 3.05) is 0 Å². The topological polar surface area (TPSA) is 40.5 Å². The highest BCUT2D eigenvalue weighted by Gasteiger charge is 2.50. The van der Waals surface area contributed by atoms with Crippen molar-refractivity contribution in [2.45, 2.75) is 77.4 Å². The van der Waals surface area contributed by atoms with Gasteiger partial charge in [0.25, 0.3) is 0 Å². The maximum atomic E-state index is 10.4. The highest BCUT2D eigenvalue weighted by atomic mass is 16.3. The van der Waals surface area contributed by atoms with Crippen LogP contribution in [0.2, 0.25) is 0 Å². The Morgan fingerprint density at radius 3 is 2.65 bits per heavy atom. The van der Waals surface area contributed by atoms with Gasteiger partial charge in [-0.25, -0.2) is 0 Å². The molecule has 2 heteroatoms. The van der Waals surface area contributed by atoms with Crippen molar-refractivity contribution in [2.24, 2.45) is 17.3 Å². The molecule has 0 aromatic heterocycles. The standard InChI is InChI=1S/C21H32O2/c1-4-17-8-10-20-16(12-19(23)13-21(17,20)3)7-6-15-11-18(22)9-5-14(15)2/h6-7,17-20,22-23H,2,4-5,8-13H2,1,3H3/b15-6-,16-7+/t17-,18+,19+,20-,21+/m0/s1. The summed E-state index contributed by atoms with van der Waals surface area (Å²) in [5.74, 6) is 1.36. The van der Waals surface area contributed by atoms with Crippen LogP contribution in [-0.2, 0) is 0 Å². The molecule has 3 rings (SSSR count). The van der Waals surface area contributed by atoms with Crippen LogP contribution in [0.5, 0.6) is 0 Å². The number of aliphatic hydroxyl groups is 2. The Morgan fingerprint density at radius 2 is 1.91 bits per heavy atom. The summed E-state index contributed by atoms with van der Waals surface area (Å²) in [5.41, 5.74) is 4.05. The number of allylic oxidation sites excluding steroid dienone is 3. The van der Waals surface area contributed by atoms with E-state index in [1.807, 2.05) is 0 Å². The van der Waals surface area contributed by atoms with Gasteiger partial charge in [0.1, 0.15) is 0 Å². The lowest BCUT2D eigenvalue weighted by Gasteiger charge is -2.44. The van der Waals surface area contributed by atoms with Crippen LogP contribution in [0.1, 0.15) is 65.2 Å². The molecule has 3 fully saturated rings. The van der Waals surface area contributed by atoms with Crippen LogP contribution in [-0.4, -0.2) is 22.4 Å². The van der Waals surface area contributed by atoms with Crippen molar-refractivity contribution in [3.63, 3.8) is 0 Å². The summed E-state index contributed by atoms with van der Waals surface area (Å²) in [5, 5.41) is 20.3. The molecule has 23 heavy (non-hydrogen) atoms. The maximum absolute atomic E-state index is 10.4. The average Bonchev–Trinajstić information content (AvgIpc) is 2.83. The van der Waals surface area contributed by atoms with Crippen molar-refractivity contribution in [3.05, 3.63) is 35.5 Å². The second-order valence-corrected chi connectivity index (χ2v) is 8.24. The van der Waals surface area contributed by atoms with Gasteiger partial charge in [-0.2, -0.15) is 0 Å². The van der Waals surface area contributed by atoms with E-state index >= 15 is 0 Å². The molecule has 3 aliphatic rings. The molecule has 0 aliphatic heterocycles. The minimum Gasteiger partial charge on any atom is -0.393 e. The van der Waals surface area contributed by atoms with Crippen molar-refractivity contribution < 1.29 is 10.2 Å².